The Morgan fingerprint density at radius 3 is 2.48 bits per heavy atom. The van der Waals surface area contributed by atoms with E-state index in [9.17, 15) is 9.59 Å². The fourth-order valence-electron chi connectivity index (χ4n) is 2.37. The molecule has 0 fully saturated rings. The van der Waals surface area contributed by atoms with Crippen LogP contribution in [0.1, 0.15) is 11.1 Å². The van der Waals surface area contributed by atoms with Crippen molar-refractivity contribution in [2.75, 3.05) is 25.5 Å². The molecule has 0 radical (unpaired) electrons. The van der Waals surface area contributed by atoms with Crippen LogP contribution in [-0.4, -0.2) is 36.9 Å². The average Bonchev–Trinajstić information content (AvgIpc) is 2.58. The first-order chi connectivity index (χ1) is 12.0. The second-order valence-corrected chi connectivity index (χ2v) is 6.30. The molecule has 0 aromatic heterocycles. The molecule has 25 heavy (non-hydrogen) atoms. The molecule has 6 heteroatoms. The summed E-state index contributed by atoms with van der Waals surface area (Å²) in [6.45, 7) is 2.64. The summed E-state index contributed by atoms with van der Waals surface area (Å²) >= 11 is 6.02. The van der Waals surface area contributed by atoms with E-state index in [1.807, 2.05) is 49.2 Å². The maximum absolute atomic E-state index is 12.0. The number of nitrogens with one attached hydrogen (secondary N) is 2. The van der Waals surface area contributed by atoms with Gasteiger partial charge >= 0.3 is 0 Å². The van der Waals surface area contributed by atoms with E-state index < -0.39 is 0 Å². The van der Waals surface area contributed by atoms with Crippen LogP contribution in [0.2, 0.25) is 5.02 Å². The lowest BCUT2D eigenvalue weighted by molar-refractivity contribution is -0.124. The quantitative estimate of drug-likeness (QED) is 0.799. The summed E-state index contributed by atoms with van der Waals surface area (Å²) in [5.74, 6) is -0.485. The van der Waals surface area contributed by atoms with Gasteiger partial charge in [0.2, 0.25) is 11.8 Å². The van der Waals surface area contributed by atoms with Crippen LogP contribution in [-0.2, 0) is 16.1 Å². The summed E-state index contributed by atoms with van der Waals surface area (Å²) in [5.41, 5.74) is 2.58. The number of rotatable bonds is 7. The SMILES string of the molecule is Cc1c(Cl)cccc1NC(=O)CNC(=O)CN(C)Cc1ccccc1. The number of hydrogen-bond acceptors (Lipinski definition) is 3. The topological polar surface area (TPSA) is 61.4 Å². The van der Waals surface area contributed by atoms with E-state index in [4.69, 9.17) is 11.6 Å². The molecule has 2 amide bonds. The van der Waals surface area contributed by atoms with Crippen LogP contribution >= 0.6 is 11.6 Å². The zero-order chi connectivity index (χ0) is 18.2. The van der Waals surface area contributed by atoms with Crippen LogP contribution < -0.4 is 10.6 Å². The highest BCUT2D eigenvalue weighted by Crippen LogP contribution is 2.22. The van der Waals surface area contributed by atoms with Gasteiger partial charge in [-0.1, -0.05) is 48.0 Å². The van der Waals surface area contributed by atoms with Crippen LogP contribution in [0, 0.1) is 6.92 Å². The highest BCUT2D eigenvalue weighted by molar-refractivity contribution is 6.31. The van der Waals surface area contributed by atoms with Gasteiger partial charge < -0.3 is 10.6 Å². The van der Waals surface area contributed by atoms with E-state index in [-0.39, 0.29) is 24.9 Å². The van der Waals surface area contributed by atoms with Crippen molar-refractivity contribution in [3.05, 3.63) is 64.7 Å². The third kappa shape index (κ3) is 6.21. The van der Waals surface area contributed by atoms with Gasteiger partial charge in [0.1, 0.15) is 0 Å². The summed E-state index contributed by atoms with van der Waals surface area (Å²) in [6, 6.07) is 15.2. The number of likely N-dealkylation sites (N-methyl/N-ethyl adjacent to an activating group) is 1. The van der Waals surface area contributed by atoms with Gasteiger partial charge in [-0.05, 0) is 37.2 Å². The molecule has 0 atom stereocenters. The van der Waals surface area contributed by atoms with Crippen molar-refractivity contribution in [2.45, 2.75) is 13.5 Å². The third-order valence-corrected chi connectivity index (χ3v) is 4.11. The molecule has 2 aromatic rings. The van der Waals surface area contributed by atoms with Crippen LogP contribution in [0.5, 0.6) is 0 Å². The van der Waals surface area contributed by atoms with Crippen molar-refractivity contribution in [3.8, 4) is 0 Å². The number of nitrogens with zero attached hydrogens (tertiary/aromatic N) is 1. The smallest absolute Gasteiger partial charge is 0.243 e. The maximum atomic E-state index is 12.0. The number of amides is 2. The highest BCUT2D eigenvalue weighted by Gasteiger charge is 2.10. The lowest BCUT2D eigenvalue weighted by atomic mass is 10.2. The molecule has 2 rings (SSSR count). The first-order valence-corrected chi connectivity index (χ1v) is 8.37. The zero-order valence-corrected chi connectivity index (χ0v) is 15.1. The van der Waals surface area contributed by atoms with Crippen LogP contribution in [0.3, 0.4) is 0 Å². The van der Waals surface area contributed by atoms with Gasteiger partial charge in [0.25, 0.3) is 0 Å². The molecule has 0 unspecified atom stereocenters. The maximum Gasteiger partial charge on any atom is 0.243 e. The van der Waals surface area contributed by atoms with Gasteiger partial charge in [-0.25, -0.2) is 0 Å². The predicted molar refractivity (Wildman–Crippen MR) is 101 cm³/mol. The second-order valence-electron chi connectivity index (χ2n) is 5.90. The van der Waals surface area contributed by atoms with E-state index in [0.29, 0.717) is 17.3 Å². The van der Waals surface area contributed by atoms with Crippen molar-refractivity contribution in [1.82, 2.24) is 10.2 Å². The second kappa shape index (κ2) is 9.20. The number of anilines is 1. The lowest BCUT2D eigenvalue weighted by Gasteiger charge is -2.16. The number of halogens is 1. The Morgan fingerprint density at radius 2 is 1.76 bits per heavy atom. The number of carbonyl (C=O) groups is 2. The zero-order valence-electron chi connectivity index (χ0n) is 14.4. The molecular formula is C19H22ClN3O2. The van der Waals surface area contributed by atoms with Crippen LogP contribution in [0.4, 0.5) is 5.69 Å². The Morgan fingerprint density at radius 1 is 1.04 bits per heavy atom. The van der Waals surface area contributed by atoms with Crippen molar-refractivity contribution in [3.63, 3.8) is 0 Å². The highest BCUT2D eigenvalue weighted by atomic mass is 35.5. The molecule has 2 N–H and O–H groups in total. The minimum Gasteiger partial charge on any atom is -0.346 e. The van der Waals surface area contributed by atoms with Crippen molar-refractivity contribution < 1.29 is 9.59 Å². The molecule has 0 saturated heterocycles. The van der Waals surface area contributed by atoms with Gasteiger partial charge in [0, 0.05) is 17.3 Å². The fourth-order valence-corrected chi connectivity index (χ4v) is 2.54. The molecule has 0 saturated carbocycles. The molecule has 0 bridgehead atoms. The summed E-state index contributed by atoms with van der Waals surface area (Å²) < 4.78 is 0. The Kier molecular flexibility index (Phi) is 6.98. The molecule has 0 aliphatic heterocycles. The van der Waals surface area contributed by atoms with Gasteiger partial charge in [-0.3, -0.25) is 14.5 Å². The van der Waals surface area contributed by atoms with Gasteiger partial charge in [-0.2, -0.15) is 0 Å². The first-order valence-electron chi connectivity index (χ1n) is 8.00. The molecule has 2 aromatic carbocycles. The Hall–Kier alpha value is -2.37. The van der Waals surface area contributed by atoms with Crippen molar-refractivity contribution in [1.29, 1.82) is 0 Å². The van der Waals surface area contributed by atoms with Gasteiger partial charge in [-0.15, -0.1) is 0 Å². The molecule has 0 aliphatic rings. The monoisotopic (exact) mass is 359 g/mol. The molecule has 132 valence electrons. The van der Waals surface area contributed by atoms with E-state index in [1.165, 1.54) is 0 Å². The minimum absolute atomic E-state index is 0.0794. The average molecular weight is 360 g/mol. The fraction of sp³-hybridized carbons (Fsp3) is 0.263. The first kappa shape index (κ1) is 19.0. The number of benzene rings is 2. The summed E-state index contributed by atoms with van der Waals surface area (Å²) in [6.07, 6.45) is 0. The number of carbonyl (C=O) groups excluding carboxylic acids is 2. The van der Waals surface area contributed by atoms with E-state index >= 15 is 0 Å². The predicted octanol–water partition coefficient (Wildman–Crippen LogP) is 2.84. The largest absolute Gasteiger partial charge is 0.346 e. The standard InChI is InChI=1S/C19H22ClN3O2/c1-14-16(20)9-6-10-17(14)22-18(24)11-21-19(25)13-23(2)12-15-7-4-3-5-8-15/h3-10H,11-13H2,1-2H3,(H,21,25)(H,22,24). The van der Waals surface area contributed by atoms with Crippen molar-refractivity contribution >= 4 is 29.1 Å². The molecular weight excluding hydrogens is 338 g/mol. The summed E-state index contributed by atoms with van der Waals surface area (Å²) in [5, 5.41) is 5.96. The Labute approximate surface area is 153 Å². The Balaban J connectivity index is 1.75. The van der Waals surface area contributed by atoms with Crippen LogP contribution in [0.25, 0.3) is 0 Å². The third-order valence-electron chi connectivity index (χ3n) is 3.70. The van der Waals surface area contributed by atoms with Gasteiger partial charge in [0.15, 0.2) is 0 Å². The molecule has 0 aliphatic carbocycles. The lowest BCUT2D eigenvalue weighted by Crippen LogP contribution is -2.39. The summed E-state index contributed by atoms with van der Waals surface area (Å²) in [7, 11) is 1.86. The van der Waals surface area contributed by atoms with Gasteiger partial charge in [0.05, 0.1) is 13.1 Å². The van der Waals surface area contributed by atoms with E-state index in [0.717, 1.165) is 11.1 Å². The van der Waals surface area contributed by atoms with Crippen molar-refractivity contribution in [2.24, 2.45) is 0 Å². The number of hydrogen-bond donors (Lipinski definition) is 2. The normalized spacial score (nSPS) is 10.6. The Bertz CT molecular complexity index is 735. The van der Waals surface area contributed by atoms with E-state index in [1.54, 1.807) is 18.2 Å². The van der Waals surface area contributed by atoms with E-state index in [2.05, 4.69) is 10.6 Å². The summed E-state index contributed by atoms with van der Waals surface area (Å²) in [4.78, 5) is 25.8. The minimum atomic E-state index is -0.288. The molecule has 0 heterocycles. The molecule has 0 spiro atoms. The molecule has 5 nitrogen and oxygen atoms in total. The van der Waals surface area contributed by atoms with Crippen LogP contribution in [0.15, 0.2) is 48.5 Å².